The van der Waals surface area contributed by atoms with Crippen LogP contribution in [0.1, 0.15) is 143 Å². The van der Waals surface area contributed by atoms with Crippen molar-refractivity contribution in [3.63, 3.8) is 0 Å². The predicted molar refractivity (Wildman–Crippen MR) is 142 cm³/mol. The maximum Gasteiger partial charge on any atom is 0.0334 e. The Morgan fingerprint density at radius 1 is 0.700 bits per heavy atom. The minimum Gasteiger partial charge on any atom is -0.0720 e. The second kappa shape index (κ2) is 18.8. The zero-order chi connectivity index (χ0) is 22.0. The molecule has 0 aromatic rings. The molecule has 0 heterocycles. The fourth-order valence-electron chi connectivity index (χ4n) is 5.84. The standard InChI is InChI=1S/C29H60Si/c1-6-30(5)24-14-10-9-12-18-27(4)17-11-7-8-13-19-28-20-15-22-29(23-16-21-28)25-26(2)3/h26-30H,6-25H2,1-5H3. The molecule has 1 aliphatic carbocycles. The van der Waals surface area contributed by atoms with Crippen LogP contribution in [0.2, 0.25) is 18.6 Å². The number of unbranched alkanes of at least 4 members (excludes halogenated alkanes) is 6. The molecule has 30 heavy (non-hydrogen) atoms. The van der Waals surface area contributed by atoms with Crippen LogP contribution in [-0.2, 0) is 0 Å². The maximum atomic E-state index is 2.54. The van der Waals surface area contributed by atoms with Crippen LogP contribution in [0.15, 0.2) is 0 Å². The molecule has 0 aromatic carbocycles. The van der Waals surface area contributed by atoms with Crippen molar-refractivity contribution in [2.75, 3.05) is 0 Å². The van der Waals surface area contributed by atoms with E-state index in [1.54, 1.807) is 6.04 Å². The van der Waals surface area contributed by atoms with Crippen molar-refractivity contribution >= 4 is 8.80 Å². The van der Waals surface area contributed by atoms with Gasteiger partial charge in [-0.2, -0.15) is 0 Å². The summed E-state index contributed by atoms with van der Waals surface area (Å²) in [6, 6.07) is 3.09. The molecule has 180 valence electrons. The van der Waals surface area contributed by atoms with E-state index >= 15 is 0 Å². The van der Waals surface area contributed by atoms with Crippen LogP contribution in [-0.4, -0.2) is 8.80 Å². The summed E-state index contributed by atoms with van der Waals surface area (Å²) in [5.41, 5.74) is 0. The quantitative estimate of drug-likeness (QED) is 0.157. The average Bonchev–Trinajstić information content (AvgIpc) is 2.69. The van der Waals surface area contributed by atoms with Gasteiger partial charge in [0, 0.05) is 8.80 Å². The lowest BCUT2D eigenvalue weighted by Crippen LogP contribution is -2.11. The third-order valence-electron chi connectivity index (χ3n) is 8.15. The molecule has 0 spiro atoms. The van der Waals surface area contributed by atoms with Gasteiger partial charge >= 0.3 is 0 Å². The summed E-state index contributed by atoms with van der Waals surface area (Å²) in [5.74, 6) is 3.97. The van der Waals surface area contributed by atoms with Crippen LogP contribution >= 0.6 is 0 Å². The van der Waals surface area contributed by atoms with Gasteiger partial charge in [-0.15, -0.1) is 0 Å². The highest BCUT2D eigenvalue weighted by Crippen LogP contribution is 2.32. The van der Waals surface area contributed by atoms with Gasteiger partial charge in [0.2, 0.25) is 0 Å². The molecule has 0 N–H and O–H groups in total. The molecule has 0 bridgehead atoms. The number of rotatable bonds is 17. The van der Waals surface area contributed by atoms with Crippen molar-refractivity contribution in [3.05, 3.63) is 0 Å². The molecule has 1 heteroatoms. The lowest BCUT2D eigenvalue weighted by atomic mass is 9.81. The molecule has 0 nitrogen and oxygen atoms in total. The summed E-state index contributed by atoms with van der Waals surface area (Å²) in [5, 5.41) is 0. The van der Waals surface area contributed by atoms with Crippen molar-refractivity contribution in [1.29, 1.82) is 0 Å². The number of hydrogen-bond donors (Lipinski definition) is 0. The first-order valence-corrected chi connectivity index (χ1v) is 17.3. The third-order valence-corrected chi connectivity index (χ3v) is 10.9. The number of hydrogen-bond acceptors (Lipinski definition) is 0. The largest absolute Gasteiger partial charge is 0.0720 e. The van der Waals surface area contributed by atoms with E-state index in [1.165, 1.54) is 122 Å². The van der Waals surface area contributed by atoms with Crippen molar-refractivity contribution in [3.8, 4) is 0 Å². The lowest BCUT2D eigenvalue weighted by Gasteiger charge is -2.25. The van der Waals surface area contributed by atoms with Gasteiger partial charge in [-0.1, -0.05) is 155 Å². The summed E-state index contributed by atoms with van der Waals surface area (Å²) in [4.78, 5) is 0. The van der Waals surface area contributed by atoms with E-state index in [1.807, 2.05) is 0 Å². The smallest absolute Gasteiger partial charge is 0.0334 e. The fraction of sp³-hybridized carbons (Fsp3) is 1.00. The van der Waals surface area contributed by atoms with Crippen molar-refractivity contribution in [1.82, 2.24) is 0 Å². The van der Waals surface area contributed by atoms with Gasteiger partial charge in [-0.3, -0.25) is 0 Å². The van der Waals surface area contributed by atoms with Gasteiger partial charge < -0.3 is 0 Å². The zero-order valence-electron chi connectivity index (χ0n) is 22.0. The van der Waals surface area contributed by atoms with E-state index in [4.69, 9.17) is 0 Å². The highest BCUT2D eigenvalue weighted by atomic mass is 28.3. The second-order valence-electron chi connectivity index (χ2n) is 11.8. The van der Waals surface area contributed by atoms with Gasteiger partial charge in [0.05, 0.1) is 0 Å². The molecule has 0 radical (unpaired) electrons. The average molecular weight is 437 g/mol. The Kier molecular flexibility index (Phi) is 17.7. The summed E-state index contributed by atoms with van der Waals surface area (Å²) in [6.07, 6.45) is 27.1. The molecule has 1 aliphatic rings. The van der Waals surface area contributed by atoms with Crippen molar-refractivity contribution in [2.45, 2.75) is 162 Å². The SMILES string of the molecule is CC[SiH](C)CCCCCCC(C)CCCCCCC1CCCC(CC(C)C)CCC1. The Morgan fingerprint density at radius 3 is 1.80 bits per heavy atom. The molecular weight excluding hydrogens is 376 g/mol. The Labute approximate surface area is 194 Å². The zero-order valence-corrected chi connectivity index (χ0v) is 23.2. The van der Waals surface area contributed by atoms with E-state index < -0.39 is 0 Å². The van der Waals surface area contributed by atoms with Crippen LogP contribution in [0.5, 0.6) is 0 Å². The van der Waals surface area contributed by atoms with Gasteiger partial charge in [-0.25, -0.2) is 0 Å². The highest BCUT2D eigenvalue weighted by molar-refractivity contribution is 6.57. The molecule has 0 aromatic heterocycles. The highest BCUT2D eigenvalue weighted by Gasteiger charge is 2.17. The van der Waals surface area contributed by atoms with E-state index in [-0.39, 0.29) is 8.80 Å². The van der Waals surface area contributed by atoms with E-state index in [2.05, 4.69) is 34.2 Å². The minimum absolute atomic E-state index is 0.300. The molecule has 0 amide bonds. The maximum absolute atomic E-state index is 2.54. The molecule has 0 aliphatic heterocycles. The van der Waals surface area contributed by atoms with Crippen molar-refractivity contribution < 1.29 is 0 Å². The first-order chi connectivity index (χ1) is 14.5. The normalized spacial score (nSPS) is 22.6. The molecule has 2 atom stereocenters. The summed E-state index contributed by atoms with van der Waals surface area (Å²) in [7, 11) is -0.300. The predicted octanol–water partition coefficient (Wildman–Crippen LogP) is 10.4. The first kappa shape index (κ1) is 28.2. The summed E-state index contributed by atoms with van der Waals surface area (Å²) >= 11 is 0. The van der Waals surface area contributed by atoms with E-state index in [0.29, 0.717) is 0 Å². The molecule has 1 fully saturated rings. The summed E-state index contributed by atoms with van der Waals surface area (Å²) < 4.78 is 0. The Balaban J connectivity index is 1.91. The molecule has 0 saturated heterocycles. The Hall–Kier alpha value is 0.217. The first-order valence-electron chi connectivity index (χ1n) is 14.5. The third kappa shape index (κ3) is 15.9. The Morgan fingerprint density at radius 2 is 1.23 bits per heavy atom. The van der Waals surface area contributed by atoms with Gasteiger partial charge in [-0.05, 0) is 30.1 Å². The second-order valence-corrected chi connectivity index (χ2v) is 15.4. The topological polar surface area (TPSA) is 0 Å². The monoisotopic (exact) mass is 436 g/mol. The van der Waals surface area contributed by atoms with Crippen LogP contribution in [0.4, 0.5) is 0 Å². The van der Waals surface area contributed by atoms with E-state index in [9.17, 15) is 0 Å². The molecular formula is C29H60Si. The molecule has 1 rings (SSSR count). The van der Waals surface area contributed by atoms with Crippen molar-refractivity contribution in [2.24, 2.45) is 23.7 Å². The van der Waals surface area contributed by atoms with Crippen LogP contribution in [0, 0.1) is 23.7 Å². The van der Waals surface area contributed by atoms with Gasteiger partial charge in [0.25, 0.3) is 0 Å². The van der Waals surface area contributed by atoms with Crippen LogP contribution in [0.25, 0.3) is 0 Å². The van der Waals surface area contributed by atoms with E-state index in [0.717, 1.165) is 23.7 Å². The summed E-state index contributed by atoms with van der Waals surface area (Å²) in [6.45, 7) is 12.2. The van der Waals surface area contributed by atoms with Crippen LogP contribution in [0.3, 0.4) is 0 Å². The van der Waals surface area contributed by atoms with Gasteiger partial charge in [0.1, 0.15) is 0 Å². The minimum atomic E-state index is -0.300. The molecule has 2 unspecified atom stereocenters. The molecule has 1 saturated carbocycles. The Bertz CT molecular complexity index is 353. The lowest BCUT2D eigenvalue weighted by molar-refractivity contribution is 0.274. The van der Waals surface area contributed by atoms with Gasteiger partial charge in [0.15, 0.2) is 0 Å². The fourth-order valence-corrected chi connectivity index (χ4v) is 7.23. The van der Waals surface area contributed by atoms with Crippen LogP contribution < -0.4 is 0 Å².